The molecule has 5 nitrogen and oxygen atoms in total. The van der Waals surface area contributed by atoms with Crippen LogP contribution < -0.4 is 5.32 Å². The van der Waals surface area contributed by atoms with Crippen LogP contribution in [0.4, 0.5) is 5.69 Å². The van der Waals surface area contributed by atoms with Crippen molar-refractivity contribution in [2.75, 3.05) is 11.9 Å². The minimum absolute atomic E-state index is 0.294. The number of anilines is 1. The maximum Gasteiger partial charge on any atom is 0.337 e. The average Bonchev–Trinajstić information content (AvgIpc) is 2.75. The molecule has 0 aliphatic carbocycles. The molecule has 2 rings (SSSR count). The van der Waals surface area contributed by atoms with Gasteiger partial charge in [0.05, 0.1) is 18.3 Å². The first-order valence-electron chi connectivity index (χ1n) is 6.13. The van der Waals surface area contributed by atoms with Gasteiger partial charge in [-0.1, -0.05) is 6.07 Å². The summed E-state index contributed by atoms with van der Waals surface area (Å²) in [4.78, 5) is 11.1. The molecule has 1 aromatic carbocycles. The highest BCUT2D eigenvalue weighted by atomic mass is 16.4. The molecular weight excluding hydrogens is 242 g/mol. The van der Waals surface area contributed by atoms with E-state index in [4.69, 9.17) is 5.11 Å². The van der Waals surface area contributed by atoms with Crippen molar-refractivity contribution in [1.29, 1.82) is 0 Å². The second kappa shape index (κ2) is 5.56. The third-order valence-corrected chi connectivity index (χ3v) is 2.82. The van der Waals surface area contributed by atoms with Gasteiger partial charge < -0.3 is 10.4 Å². The van der Waals surface area contributed by atoms with E-state index in [1.807, 2.05) is 30.8 Å². The third-order valence-electron chi connectivity index (χ3n) is 2.82. The van der Waals surface area contributed by atoms with Gasteiger partial charge in [-0.2, -0.15) is 5.10 Å². The number of carboxylic acids is 1. The molecule has 2 N–H and O–H groups in total. The summed E-state index contributed by atoms with van der Waals surface area (Å²) in [6.07, 6.45) is 3.76. The predicted molar refractivity (Wildman–Crippen MR) is 73.6 cm³/mol. The van der Waals surface area contributed by atoms with E-state index in [9.17, 15) is 4.79 Å². The standard InChI is InChI=1S/C14H17N3O2/c1-10-3-4-12(14(18)19)13(7-10)15-5-6-17-9-11(2)8-16-17/h3-4,7-9,15H,5-6H2,1-2H3,(H,18,19). The number of rotatable bonds is 5. The lowest BCUT2D eigenvalue weighted by molar-refractivity contribution is 0.0698. The number of benzene rings is 1. The van der Waals surface area contributed by atoms with Crippen molar-refractivity contribution in [3.05, 3.63) is 47.3 Å². The van der Waals surface area contributed by atoms with E-state index in [1.165, 1.54) is 0 Å². The Hall–Kier alpha value is -2.30. The van der Waals surface area contributed by atoms with Crippen molar-refractivity contribution in [3.63, 3.8) is 0 Å². The second-order valence-corrected chi connectivity index (χ2v) is 4.56. The highest BCUT2D eigenvalue weighted by Gasteiger charge is 2.09. The highest BCUT2D eigenvalue weighted by Crippen LogP contribution is 2.17. The SMILES string of the molecule is Cc1ccc(C(=O)O)c(NCCn2cc(C)cn2)c1. The van der Waals surface area contributed by atoms with Crippen molar-refractivity contribution in [3.8, 4) is 0 Å². The van der Waals surface area contributed by atoms with E-state index in [-0.39, 0.29) is 0 Å². The van der Waals surface area contributed by atoms with Crippen LogP contribution in [0, 0.1) is 13.8 Å². The Kier molecular flexibility index (Phi) is 3.85. The molecule has 0 bridgehead atoms. The minimum atomic E-state index is -0.919. The molecule has 0 saturated heterocycles. The van der Waals surface area contributed by atoms with E-state index >= 15 is 0 Å². The zero-order chi connectivity index (χ0) is 13.8. The first kappa shape index (κ1) is 13.1. The lowest BCUT2D eigenvalue weighted by Crippen LogP contribution is -2.13. The Morgan fingerprint density at radius 2 is 2.16 bits per heavy atom. The van der Waals surface area contributed by atoms with Gasteiger partial charge >= 0.3 is 5.97 Å². The van der Waals surface area contributed by atoms with Crippen LogP contribution in [0.15, 0.2) is 30.6 Å². The molecular formula is C14H17N3O2. The average molecular weight is 259 g/mol. The normalized spacial score (nSPS) is 10.4. The number of aryl methyl sites for hydroxylation is 2. The number of nitrogens with zero attached hydrogens (tertiary/aromatic N) is 2. The maximum absolute atomic E-state index is 11.1. The zero-order valence-electron chi connectivity index (χ0n) is 11.1. The third kappa shape index (κ3) is 3.34. The summed E-state index contributed by atoms with van der Waals surface area (Å²) in [6, 6.07) is 5.27. The van der Waals surface area contributed by atoms with E-state index < -0.39 is 5.97 Å². The van der Waals surface area contributed by atoms with Gasteiger partial charge in [-0.05, 0) is 37.1 Å². The van der Waals surface area contributed by atoms with E-state index in [0.29, 0.717) is 24.3 Å². The number of aromatic carboxylic acids is 1. The summed E-state index contributed by atoms with van der Waals surface area (Å²) in [6.45, 7) is 5.25. The van der Waals surface area contributed by atoms with Crippen LogP contribution in [-0.2, 0) is 6.54 Å². The van der Waals surface area contributed by atoms with Gasteiger partial charge in [-0.15, -0.1) is 0 Å². The molecule has 100 valence electrons. The summed E-state index contributed by atoms with van der Waals surface area (Å²) < 4.78 is 1.83. The van der Waals surface area contributed by atoms with Crippen LogP contribution in [0.2, 0.25) is 0 Å². The summed E-state index contributed by atoms with van der Waals surface area (Å²) in [5.41, 5.74) is 3.09. The first-order valence-corrected chi connectivity index (χ1v) is 6.13. The number of carbonyl (C=O) groups is 1. The molecule has 1 heterocycles. The van der Waals surface area contributed by atoms with Gasteiger partial charge in [0.1, 0.15) is 0 Å². The van der Waals surface area contributed by atoms with Crippen LogP contribution in [0.25, 0.3) is 0 Å². The molecule has 5 heteroatoms. The molecule has 0 aliphatic rings. The molecule has 0 spiro atoms. The Bertz CT molecular complexity index is 590. The Morgan fingerprint density at radius 3 is 2.79 bits per heavy atom. The van der Waals surface area contributed by atoms with Crippen molar-refractivity contribution in [2.24, 2.45) is 0 Å². The summed E-state index contributed by atoms with van der Waals surface area (Å²) in [7, 11) is 0. The van der Waals surface area contributed by atoms with E-state index in [0.717, 1.165) is 11.1 Å². The van der Waals surface area contributed by atoms with Crippen LogP contribution in [0.1, 0.15) is 21.5 Å². The Morgan fingerprint density at radius 1 is 1.37 bits per heavy atom. The van der Waals surface area contributed by atoms with Gasteiger partial charge in [0.15, 0.2) is 0 Å². The quantitative estimate of drug-likeness (QED) is 0.864. The van der Waals surface area contributed by atoms with Crippen molar-refractivity contribution in [1.82, 2.24) is 9.78 Å². The molecule has 1 aromatic heterocycles. The molecule has 19 heavy (non-hydrogen) atoms. The molecule has 0 amide bonds. The molecule has 0 radical (unpaired) electrons. The first-order chi connectivity index (χ1) is 9.06. The van der Waals surface area contributed by atoms with Crippen molar-refractivity contribution in [2.45, 2.75) is 20.4 Å². The fraction of sp³-hybridized carbons (Fsp3) is 0.286. The molecule has 0 atom stereocenters. The van der Waals surface area contributed by atoms with Gasteiger partial charge in [-0.3, -0.25) is 4.68 Å². The number of hydrogen-bond acceptors (Lipinski definition) is 3. The zero-order valence-corrected chi connectivity index (χ0v) is 11.1. The fourth-order valence-corrected chi connectivity index (χ4v) is 1.89. The summed E-state index contributed by atoms with van der Waals surface area (Å²) >= 11 is 0. The van der Waals surface area contributed by atoms with Crippen LogP contribution in [0.3, 0.4) is 0 Å². The van der Waals surface area contributed by atoms with Crippen molar-refractivity contribution >= 4 is 11.7 Å². The lowest BCUT2D eigenvalue weighted by atomic mass is 10.1. The topological polar surface area (TPSA) is 67.2 Å². The number of carboxylic acid groups (broad SMARTS) is 1. The van der Waals surface area contributed by atoms with Crippen LogP contribution in [-0.4, -0.2) is 27.4 Å². The minimum Gasteiger partial charge on any atom is -0.478 e. The highest BCUT2D eigenvalue weighted by molar-refractivity contribution is 5.94. The summed E-state index contributed by atoms with van der Waals surface area (Å²) in [5.74, 6) is -0.919. The number of aromatic nitrogens is 2. The smallest absolute Gasteiger partial charge is 0.337 e. The Balaban J connectivity index is 2.02. The molecule has 2 aromatic rings. The van der Waals surface area contributed by atoms with E-state index in [2.05, 4.69) is 10.4 Å². The predicted octanol–water partition coefficient (Wildman–Crippen LogP) is 2.31. The lowest BCUT2D eigenvalue weighted by Gasteiger charge is -2.10. The number of nitrogens with one attached hydrogen (secondary N) is 1. The number of hydrogen-bond donors (Lipinski definition) is 2. The Labute approximate surface area is 111 Å². The van der Waals surface area contributed by atoms with Gasteiger partial charge in [-0.25, -0.2) is 4.79 Å². The van der Waals surface area contributed by atoms with E-state index in [1.54, 1.807) is 18.3 Å². The second-order valence-electron chi connectivity index (χ2n) is 4.56. The molecule has 0 unspecified atom stereocenters. The van der Waals surface area contributed by atoms with Gasteiger partial charge in [0.2, 0.25) is 0 Å². The fourth-order valence-electron chi connectivity index (χ4n) is 1.89. The van der Waals surface area contributed by atoms with Crippen molar-refractivity contribution < 1.29 is 9.90 Å². The summed E-state index contributed by atoms with van der Waals surface area (Å²) in [5, 5.41) is 16.5. The molecule has 0 saturated carbocycles. The van der Waals surface area contributed by atoms with Crippen LogP contribution >= 0.6 is 0 Å². The molecule has 0 aliphatic heterocycles. The van der Waals surface area contributed by atoms with Gasteiger partial charge in [0, 0.05) is 18.4 Å². The maximum atomic E-state index is 11.1. The van der Waals surface area contributed by atoms with Gasteiger partial charge in [0.25, 0.3) is 0 Å². The molecule has 0 fully saturated rings. The largest absolute Gasteiger partial charge is 0.478 e. The van der Waals surface area contributed by atoms with Crippen LogP contribution in [0.5, 0.6) is 0 Å². The monoisotopic (exact) mass is 259 g/mol.